The van der Waals surface area contributed by atoms with Crippen LogP contribution >= 0.6 is 0 Å². The molecule has 0 aliphatic heterocycles. The number of aliphatic hydroxyl groups is 1. The third-order valence-corrected chi connectivity index (χ3v) is 1.41. The molecule has 0 aromatic rings. The number of amides is 1. The third-order valence-electron chi connectivity index (χ3n) is 1.41. The van der Waals surface area contributed by atoms with E-state index in [-0.39, 0.29) is 19.9 Å². The molecule has 0 saturated heterocycles. The summed E-state index contributed by atoms with van der Waals surface area (Å²) >= 11 is 0. The molecule has 1 N–H and O–H groups in total. The number of carbonyl (C=O) groups is 1. The Labute approximate surface area is 69.0 Å². The maximum Gasteiger partial charge on any atom is 0.222 e. The average Bonchev–Trinajstić information content (AvgIpc) is 1.99. The molecule has 0 spiro atoms. The Morgan fingerprint density at radius 2 is 2.00 bits per heavy atom. The van der Waals surface area contributed by atoms with E-state index in [1.54, 1.807) is 4.90 Å². The van der Waals surface area contributed by atoms with E-state index in [2.05, 4.69) is 0 Å². The zero-order valence-electron chi connectivity index (χ0n) is 6.63. The van der Waals surface area contributed by atoms with Crippen molar-refractivity contribution in [3.63, 3.8) is 0 Å². The highest BCUT2D eigenvalue weighted by Gasteiger charge is 2.06. The minimum atomic E-state index is 0. The summed E-state index contributed by atoms with van der Waals surface area (Å²) in [5.41, 5.74) is 0. The summed E-state index contributed by atoms with van der Waals surface area (Å²) in [6.07, 6.45) is 0.522. The Morgan fingerprint density at radius 1 is 1.45 bits per heavy atom. The summed E-state index contributed by atoms with van der Waals surface area (Å²) in [6.45, 7) is 4.93. The van der Waals surface area contributed by atoms with Gasteiger partial charge in [-0.25, -0.2) is 0 Å². The lowest BCUT2D eigenvalue weighted by molar-refractivity contribution is -0.131. The molecule has 0 bridgehead atoms. The molecule has 3 heteroatoms. The van der Waals surface area contributed by atoms with Crippen LogP contribution in [0, 0.1) is 0 Å². The van der Waals surface area contributed by atoms with Gasteiger partial charge in [-0.15, -0.1) is 0 Å². The van der Waals surface area contributed by atoms with Gasteiger partial charge in [0.2, 0.25) is 5.91 Å². The van der Waals surface area contributed by atoms with Gasteiger partial charge in [0.25, 0.3) is 0 Å². The molecule has 11 heavy (non-hydrogen) atoms. The fourth-order valence-corrected chi connectivity index (χ4v) is 0.803. The molecule has 0 aromatic heterocycles. The summed E-state index contributed by atoms with van der Waals surface area (Å²) in [4.78, 5) is 12.6. The van der Waals surface area contributed by atoms with Crippen LogP contribution in [0.2, 0.25) is 0 Å². The number of hydrogen-bond donors (Lipinski definition) is 1. The fraction of sp³-hybridized carbons (Fsp3) is 0.875. The highest BCUT2D eigenvalue weighted by molar-refractivity contribution is 5.75. The maximum atomic E-state index is 10.9. The number of aliphatic hydroxyl groups excluding tert-OH is 1. The highest BCUT2D eigenvalue weighted by atomic mass is 16.3. The lowest BCUT2D eigenvalue weighted by atomic mass is 10.4. The molecule has 0 radical (unpaired) electrons. The molecule has 0 atom stereocenters. The van der Waals surface area contributed by atoms with Gasteiger partial charge >= 0.3 is 0 Å². The average molecular weight is 161 g/mol. The van der Waals surface area contributed by atoms with Crippen molar-refractivity contribution in [2.45, 2.75) is 27.7 Å². The van der Waals surface area contributed by atoms with Crippen molar-refractivity contribution in [2.75, 3.05) is 19.7 Å². The van der Waals surface area contributed by atoms with Gasteiger partial charge in [-0.1, -0.05) is 14.4 Å². The molecule has 0 rings (SSSR count). The second kappa shape index (κ2) is 7.54. The monoisotopic (exact) mass is 161 g/mol. The van der Waals surface area contributed by atoms with Crippen molar-refractivity contribution in [2.24, 2.45) is 0 Å². The smallest absolute Gasteiger partial charge is 0.222 e. The second-order valence-corrected chi connectivity index (χ2v) is 2.05. The van der Waals surface area contributed by atoms with E-state index < -0.39 is 0 Å². The van der Waals surface area contributed by atoms with Crippen molar-refractivity contribution in [3.8, 4) is 0 Å². The Hall–Kier alpha value is -0.570. The number of carbonyl (C=O) groups excluding carboxylic acids is 1. The van der Waals surface area contributed by atoms with E-state index >= 15 is 0 Å². The molecular formula is C8H19NO2. The number of nitrogens with zero attached hydrogens (tertiary/aromatic N) is 1. The Morgan fingerprint density at radius 3 is 2.27 bits per heavy atom. The summed E-state index contributed by atoms with van der Waals surface area (Å²) < 4.78 is 0. The van der Waals surface area contributed by atoms with Crippen LogP contribution in [-0.4, -0.2) is 35.6 Å². The van der Waals surface area contributed by atoms with Crippen molar-refractivity contribution in [3.05, 3.63) is 0 Å². The highest BCUT2D eigenvalue weighted by Crippen LogP contribution is 1.91. The fourth-order valence-electron chi connectivity index (χ4n) is 0.803. The van der Waals surface area contributed by atoms with Gasteiger partial charge in [-0.2, -0.15) is 0 Å². The first-order chi connectivity index (χ1) is 4.76. The first-order valence-electron chi connectivity index (χ1n) is 3.64. The van der Waals surface area contributed by atoms with Crippen LogP contribution in [0.4, 0.5) is 0 Å². The summed E-state index contributed by atoms with van der Waals surface area (Å²) in [5.74, 6) is 0.108. The number of hydrogen-bond acceptors (Lipinski definition) is 2. The third kappa shape index (κ3) is 4.79. The molecule has 0 heterocycles. The van der Waals surface area contributed by atoms with Crippen LogP contribution in [0.25, 0.3) is 0 Å². The molecule has 68 valence electrons. The largest absolute Gasteiger partial charge is 0.395 e. The Kier molecular flexibility index (Phi) is 8.94. The van der Waals surface area contributed by atoms with Crippen LogP contribution in [0.15, 0.2) is 0 Å². The molecule has 3 nitrogen and oxygen atoms in total. The lowest BCUT2D eigenvalue weighted by Crippen LogP contribution is -2.32. The van der Waals surface area contributed by atoms with Crippen LogP contribution in [-0.2, 0) is 4.79 Å². The summed E-state index contributed by atoms with van der Waals surface area (Å²) in [6, 6.07) is 0. The molecular weight excluding hydrogens is 142 g/mol. The van der Waals surface area contributed by atoms with E-state index in [1.807, 2.05) is 13.8 Å². The number of rotatable bonds is 4. The summed E-state index contributed by atoms with van der Waals surface area (Å²) in [7, 11) is 0. The van der Waals surface area contributed by atoms with Crippen molar-refractivity contribution in [1.82, 2.24) is 4.90 Å². The Bertz CT molecular complexity index is 104. The normalized spacial score (nSPS) is 8.64. The molecule has 0 aliphatic rings. The van der Waals surface area contributed by atoms with E-state index in [1.165, 1.54) is 0 Å². The SMILES string of the molecule is C.CCC(=O)N(CC)CCO. The van der Waals surface area contributed by atoms with Crippen LogP contribution in [0.5, 0.6) is 0 Å². The van der Waals surface area contributed by atoms with Crippen molar-refractivity contribution < 1.29 is 9.90 Å². The molecule has 0 aliphatic carbocycles. The minimum absolute atomic E-state index is 0. The molecule has 0 aromatic carbocycles. The van der Waals surface area contributed by atoms with Gasteiger partial charge in [-0.3, -0.25) is 4.79 Å². The van der Waals surface area contributed by atoms with Crippen LogP contribution in [0.3, 0.4) is 0 Å². The first kappa shape index (κ1) is 13.1. The minimum Gasteiger partial charge on any atom is -0.395 e. The first-order valence-corrected chi connectivity index (χ1v) is 3.64. The van der Waals surface area contributed by atoms with Gasteiger partial charge in [0.1, 0.15) is 0 Å². The van der Waals surface area contributed by atoms with Crippen molar-refractivity contribution >= 4 is 5.91 Å². The van der Waals surface area contributed by atoms with Crippen molar-refractivity contribution in [1.29, 1.82) is 0 Å². The summed E-state index contributed by atoms with van der Waals surface area (Å²) in [5, 5.41) is 8.52. The lowest BCUT2D eigenvalue weighted by Gasteiger charge is -2.18. The zero-order chi connectivity index (χ0) is 7.98. The zero-order valence-corrected chi connectivity index (χ0v) is 6.63. The van der Waals surface area contributed by atoms with Gasteiger partial charge < -0.3 is 10.0 Å². The van der Waals surface area contributed by atoms with Gasteiger partial charge in [0.15, 0.2) is 0 Å². The maximum absolute atomic E-state index is 10.9. The van der Waals surface area contributed by atoms with Gasteiger partial charge in [-0.05, 0) is 6.92 Å². The topological polar surface area (TPSA) is 40.5 Å². The predicted octanol–water partition coefficient (Wildman–Crippen LogP) is 0.873. The van der Waals surface area contributed by atoms with E-state index in [0.29, 0.717) is 19.5 Å². The van der Waals surface area contributed by atoms with Gasteiger partial charge in [0, 0.05) is 19.5 Å². The number of likely N-dealkylation sites (N-methyl/N-ethyl adjacent to an activating group) is 1. The van der Waals surface area contributed by atoms with E-state index in [4.69, 9.17) is 5.11 Å². The molecule has 0 saturated carbocycles. The molecule has 0 fully saturated rings. The molecule has 1 amide bonds. The predicted molar refractivity (Wildman–Crippen MR) is 46.4 cm³/mol. The Balaban J connectivity index is 0. The van der Waals surface area contributed by atoms with Crippen LogP contribution in [0.1, 0.15) is 27.7 Å². The van der Waals surface area contributed by atoms with Gasteiger partial charge in [0.05, 0.1) is 6.61 Å². The van der Waals surface area contributed by atoms with E-state index in [9.17, 15) is 4.79 Å². The van der Waals surface area contributed by atoms with Crippen LogP contribution < -0.4 is 0 Å². The standard InChI is InChI=1S/C7H15NO2.CH4/c1-3-7(10)8(4-2)5-6-9;/h9H,3-6H2,1-2H3;1H4. The molecule has 0 unspecified atom stereocenters. The van der Waals surface area contributed by atoms with E-state index in [0.717, 1.165) is 0 Å². The second-order valence-electron chi connectivity index (χ2n) is 2.05. The quantitative estimate of drug-likeness (QED) is 0.664.